The van der Waals surface area contributed by atoms with Crippen LogP contribution >= 0.6 is 15.9 Å². The van der Waals surface area contributed by atoms with Crippen molar-refractivity contribution < 1.29 is 4.79 Å². The van der Waals surface area contributed by atoms with Gasteiger partial charge in [-0.25, -0.2) is 4.79 Å². The van der Waals surface area contributed by atoms with Gasteiger partial charge in [-0.15, -0.1) is 0 Å². The number of hydrogen-bond donors (Lipinski definition) is 1. The zero-order valence-electron chi connectivity index (χ0n) is 8.53. The fourth-order valence-corrected chi connectivity index (χ4v) is 1.69. The lowest BCUT2D eigenvalue weighted by molar-refractivity contribution is 0.247. The molecule has 3 nitrogen and oxygen atoms in total. The number of nitrogens with one attached hydrogen (secondary N) is 1. The van der Waals surface area contributed by atoms with Crippen molar-refractivity contribution >= 4 is 27.6 Å². The average Bonchev–Trinajstić information content (AvgIpc) is 3.00. The lowest BCUT2D eigenvalue weighted by Crippen LogP contribution is -2.38. The first kappa shape index (κ1) is 10.5. The van der Waals surface area contributed by atoms with E-state index in [0.717, 1.165) is 23.0 Å². The monoisotopic (exact) mass is 268 g/mol. The molecule has 0 radical (unpaired) electrons. The van der Waals surface area contributed by atoms with Gasteiger partial charge in [-0.1, -0.05) is 22.0 Å². The van der Waals surface area contributed by atoms with Crippen LogP contribution in [-0.4, -0.2) is 19.1 Å². The molecule has 1 aromatic rings. The first-order chi connectivity index (χ1) is 7.16. The summed E-state index contributed by atoms with van der Waals surface area (Å²) >= 11 is 3.38. The number of carbonyl (C=O) groups excluding carboxylic acids is 1. The van der Waals surface area contributed by atoms with Gasteiger partial charge in [0.15, 0.2) is 0 Å². The van der Waals surface area contributed by atoms with Gasteiger partial charge in [0.05, 0.1) is 0 Å². The largest absolute Gasteiger partial charge is 0.335 e. The van der Waals surface area contributed by atoms with Crippen LogP contribution in [0.1, 0.15) is 12.8 Å². The Hall–Kier alpha value is -1.03. The molecule has 1 aliphatic rings. The van der Waals surface area contributed by atoms with Crippen molar-refractivity contribution in [2.45, 2.75) is 18.9 Å². The quantitative estimate of drug-likeness (QED) is 0.879. The fourth-order valence-electron chi connectivity index (χ4n) is 1.30. The van der Waals surface area contributed by atoms with E-state index in [-0.39, 0.29) is 6.03 Å². The normalized spacial score (nSPS) is 14.8. The number of anilines is 1. The van der Waals surface area contributed by atoms with Crippen molar-refractivity contribution in [1.29, 1.82) is 0 Å². The number of halogens is 1. The predicted molar refractivity (Wildman–Crippen MR) is 64.1 cm³/mol. The zero-order chi connectivity index (χ0) is 10.8. The average molecular weight is 269 g/mol. The highest BCUT2D eigenvalue weighted by Gasteiger charge is 2.25. The molecule has 1 fully saturated rings. The topological polar surface area (TPSA) is 32.3 Å². The number of amides is 2. The molecule has 0 spiro atoms. The minimum atomic E-state index is -0.0319. The van der Waals surface area contributed by atoms with Gasteiger partial charge in [0.1, 0.15) is 0 Å². The minimum Gasteiger partial charge on any atom is -0.335 e. The Morgan fingerprint density at radius 3 is 2.87 bits per heavy atom. The van der Waals surface area contributed by atoms with E-state index in [4.69, 9.17) is 0 Å². The Balaban J connectivity index is 2.05. The molecule has 2 rings (SSSR count). The third-order valence-electron chi connectivity index (χ3n) is 2.41. The number of hydrogen-bond acceptors (Lipinski definition) is 1. The molecule has 0 aliphatic heterocycles. The van der Waals surface area contributed by atoms with Crippen molar-refractivity contribution in [1.82, 2.24) is 5.32 Å². The number of benzene rings is 1. The van der Waals surface area contributed by atoms with E-state index in [1.54, 1.807) is 11.9 Å². The van der Waals surface area contributed by atoms with Crippen molar-refractivity contribution in [3.05, 3.63) is 28.7 Å². The lowest BCUT2D eigenvalue weighted by Gasteiger charge is -2.18. The Labute approximate surface area is 97.6 Å². The highest BCUT2D eigenvalue weighted by molar-refractivity contribution is 9.10. The van der Waals surface area contributed by atoms with Crippen LogP contribution in [0.15, 0.2) is 28.7 Å². The molecule has 15 heavy (non-hydrogen) atoms. The van der Waals surface area contributed by atoms with E-state index in [1.165, 1.54) is 0 Å². The van der Waals surface area contributed by atoms with Crippen LogP contribution in [0.4, 0.5) is 10.5 Å². The molecule has 1 aliphatic carbocycles. The number of carbonyl (C=O) groups is 1. The van der Waals surface area contributed by atoms with Gasteiger partial charge in [-0.2, -0.15) is 0 Å². The highest BCUT2D eigenvalue weighted by atomic mass is 79.9. The summed E-state index contributed by atoms with van der Waals surface area (Å²) in [5.74, 6) is 0. The molecule has 1 N–H and O–H groups in total. The molecule has 0 heterocycles. The van der Waals surface area contributed by atoms with E-state index >= 15 is 0 Å². The molecule has 0 bridgehead atoms. The summed E-state index contributed by atoms with van der Waals surface area (Å²) in [6.45, 7) is 0. The van der Waals surface area contributed by atoms with Gasteiger partial charge in [0.2, 0.25) is 0 Å². The van der Waals surface area contributed by atoms with Gasteiger partial charge >= 0.3 is 6.03 Å². The summed E-state index contributed by atoms with van der Waals surface area (Å²) in [7, 11) is 1.78. The summed E-state index contributed by atoms with van der Waals surface area (Å²) in [6, 6.07) is 8.06. The van der Waals surface area contributed by atoms with Gasteiger partial charge in [-0.05, 0) is 31.0 Å². The van der Waals surface area contributed by atoms with Crippen LogP contribution in [0.3, 0.4) is 0 Å². The van der Waals surface area contributed by atoms with Gasteiger partial charge < -0.3 is 5.32 Å². The van der Waals surface area contributed by atoms with Gasteiger partial charge in [0, 0.05) is 23.2 Å². The Kier molecular flexibility index (Phi) is 2.95. The molecule has 4 heteroatoms. The second-order valence-electron chi connectivity index (χ2n) is 3.76. The molecule has 0 unspecified atom stereocenters. The first-order valence-corrected chi connectivity index (χ1v) is 5.76. The van der Waals surface area contributed by atoms with E-state index in [1.807, 2.05) is 24.3 Å². The van der Waals surface area contributed by atoms with Crippen LogP contribution in [0.25, 0.3) is 0 Å². The molecular formula is C11H13BrN2O. The van der Waals surface area contributed by atoms with Crippen molar-refractivity contribution in [3.8, 4) is 0 Å². The van der Waals surface area contributed by atoms with E-state index in [2.05, 4.69) is 21.2 Å². The smallest absolute Gasteiger partial charge is 0.321 e. The molecular weight excluding hydrogens is 256 g/mol. The van der Waals surface area contributed by atoms with Crippen molar-refractivity contribution in [2.75, 3.05) is 11.9 Å². The first-order valence-electron chi connectivity index (χ1n) is 4.96. The molecule has 2 amide bonds. The van der Waals surface area contributed by atoms with E-state index < -0.39 is 0 Å². The van der Waals surface area contributed by atoms with Gasteiger partial charge in [0.25, 0.3) is 0 Å². The van der Waals surface area contributed by atoms with Crippen molar-refractivity contribution in [2.24, 2.45) is 0 Å². The number of urea groups is 1. The summed E-state index contributed by atoms with van der Waals surface area (Å²) in [6.07, 6.45) is 2.22. The molecule has 80 valence electrons. The van der Waals surface area contributed by atoms with E-state index in [9.17, 15) is 4.79 Å². The number of nitrogens with zero attached hydrogens (tertiary/aromatic N) is 1. The minimum absolute atomic E-state index is 0.0319. The van der Waals surface area contributed by atoms with Crippen LogP contribution in [-0.2, 0) is 0 Å². The second kappa shape index (κ2) is 4.23. The maximum absolute atomic E-state index is 11.7. The van der Waals surface area contributed by atoms with Crippen LogP contribution in [0, 0.1) is 0 Å². The third-order valence-corrected chi connectivity index (χ3v) is 2.90. The highest BCUT2D eigenvalue weighted by Crippen LogP contribution is 2.21. The number of rotatable bonds is 2. The third kappa shape index (κ3) is 2.72. The Morgan fingerprint density at radius 1 is 1.53 bits per heavy atom. The Morgan fingerprint density at radius 2 is 2.27 bits per heavy atom. The zero-order valence-corrected chi connectivity index (χ0v) is 10.1. The summed E-state index contributed by atoms with van der Waals surface area (Å²) in [5.41, 5.74) is 0.891. The van der Waals surface area contributed by atoms with Crippen LogP contribution < -0.4 is 10.2 Å². The maximum Gasteiger partial charge on any atom is 0.321 e. The Bertz CT molecular complexity index is 377. The fraction of sp³-hybridized carbons (Fsp3) is 0.364. The van der Waals surface area contributed by atoms with Crippen LogP contribution in [0.2, 0.25) is 0 Å². The summed E-state index contributed by atoms with van der Waals surface area (Å²) < 4.78 is 0.978. The molecule has 0 atom stereocenters. The van der Waals surface area contributed by atoms with Crippen LogP contribution in [0.5, 0.6) is 0 Å². The maximum atomic E-state index is 11.7. The standard InChI is InChI=1S/C11H13BrN2O/c1-14(11(15)13-9-5-6-9)10-4-2-3-8(12)7-10/h2-4,7,9H,5-6H2,1H3,(H,13,15). The van der Waals surface area contributed by atoms with E-state index in [0.29, 0.717) is 6.04 Å². The molecule has 1 saturated carbocycles. The summed E-state index contributed by atoms with van der Waals surface area (Å²) in [5, 5.41) is 2.94. The van der Waals surface area contributed by atoms with Crippen molar-refractivity contribution in [3.63, 3.8) is 0 Å². The SMILES string of the molecule is CN(C(=O)NC1CC1)c1cccc(Br)c1. The molecule has 0 aromatic heterocycles. The molecule has 0 saturated heterocycles. The second-order valence-corrected chi connectivity index (χ2v) is 4.68. The van der Waals surface area contributed by atoms with Gasteiger partial charge in [-0.3, -0.25) is 4.90 Å². The lowest BCUT2D eigenvalue weighted by atomic mass is 10.3. The summed E-state index contributed by atoms with van der Waals surface area (Å²) in [4.78, 5) is 13.3. The molecule has 1 aromatic carbocycles. The predicted octanol–water partition coefficient (Wildman–Crippen LogP) is 2.76.